The van der Waals surface area contributed by atoms with E-state index >= 15 is 0 Å². The summed E-state index contributed by atoms with van der Waals surface area (Å²) in [6.45, 7) is 0. The highest BCUT2D eigenvalue weighted by molar-refractivity contribution is 7.13. The van der Waals surface area contributed by atoms with Crippen molar-refractivity contribution < 1.29 is 4.52 Å². The van der Waals surface area contributed by atoms with Gasteiger partial charge in [-0.3, -0.25) is 0 Å². The van der Waals surface area contributed by atoms with Gasteiger partial charge >= 0.3 is 0 Å². The zero-order chi connectivity index (χ0) is 14.8. The Kier molecular flexibility index (Phi) is 4.10. The molecule has 21 heavy (non-hydrogen) atoms. The first-order chi connectivity index (χ1) is 10.1. The van der Waals surface area contributed by atoms with Crippen molar-refractivity contribution in [2.75, 3.05) is 5.73 Å². The molecule has 2 N–H and O–H groups in total. The molecule has 0 saturated heterocycles. The van der Waals surface area contributed by atoms with E-state index in [0.717, 1.165) is 11.3 Å². The van der Waals surface area contributed by atoms with Crippen molar-refractivity contribution in [3.05, 3.63) is 56.6 Å². The van der Waals surface area contributed by atoms with Crippen molar-refractivity contribution in [3.63, 3.8) is 0 Å². The minimum Gasteiger partial charge on any atom is -0.375 e. The topological polar surface area (TPSA) is 77.8 Å². The molecule has 0 spiro atoms. The second-order valence-corrected chi connectivity index (χ2v) is 6.04. The predicted molar refractivity (Wildman–Crippen MR) is 82.9 cm³/mol. The Morgan fingerprint density at radius 1 is 1.14 bits per heavy atom. The number of nitrogen functional groups attached to an aromatic ring is 1. The molecule has 0 aliphatic heterocycles. The number of rotatable bonds is 4. The van der Waals surface area contributed by atoms with Crippen LogP contribution >= 0.6 is 34.5 Å². The van der Waals surface area contributed by atoms with Crippen LogP contribution in [-0.2, 0) is 12.8 Å². The number of hydrogen-bond donors (Lipinski definition) is 1. The van der Waals surface area contributed by atoms with Gasteiger partial charge < -0.3 is 10.3 Å². The van der Waals surface area contributed by atoms with Gasteiger partial charge in [-0.25, -0.2) is 4.98 Å². The summed E-state index contributed by atoms with van der Waals surface area (Å²) < 4.78 is 5.21. The number of anilines is 1. The van der Waals surface area contributed by atoms with Crippen molar-refractivity contribution in [2.45, 2.75) is 12.8 Å². The van der Waals surface area contributed by atoms with Gasteiger partial charge in [-0.05, 0) is 17.7 Å². The second-order valence-electron chi connectivity index (χ2n) is 4.34. The summed E-state index contributed by atoms with van der Waals surface area (Å²) in [6.07, 6.45) is 0.873. The van der Waals surface area contributed by atoms with Crippen LogP contribution < -0.4 is 5.73 Å². The lowest BCUT2D eigenvalue weighted by Gasteiger charge is -2.02. The molecule has 2 aromatic heterocycles. The van der Waals surface area contributed by atoms with E-state index in [-0.39, 0.29) is 0 Å². The molecule has 5 nitrogen and oxygen atoms in total. The monoisotopic (exact) mass is 340 g/mol. The molecular weight excluding hydrogens is 331 g/mol. The van der Waals surface area contributed by atoms with E-state index in [1.165, 1.54) is 11.3 Å². The molecular formula is C13H10Cl2N4OS. The summed E-state index contributed by atoms with van der Waals surface area (Å²) in [7, 11) is 0. The molecule has 3 rings (SSSR count). The Hall–Kier alpha value is -1.63. The molecule has 0 saturated carbocycles. The zero-order valence-electron chi connectivity index (χ0n) is 10.7. The van der Waals surface area contributed by atoms with Gasteiger partial charge in [0.2, 0.25) is 5.89 Å². The molecule has 0 aliphatic carbocycles. The van der Waals surface area contributed by atoms with Crippen LogP contribution in [0.2, 0.25) is 10.0 Å². The third-order valence-corrected chi connectivity index (χ3v) is 4.24. The largest absolute Gasteiger partial charge is 0.375 e. The van der Waals surface area contributed by atoms with E-state index in [9.17, 15) is 0 Å². The standard InChI is InChI=1S/C13H10Cl2N4OS/c14-9-2-1-3-10(15)8(9)5-11-18-12(20-19-11)4-7-6-21-13(16)17-7/h1-3,6H,4-5H2,(H2,16,17). The average molecular weight is 341 g/mol. The van der Waals surface area contributed by atoms with E-state index < -0.39 is 0 Å². The minimum absolute atomic E-state index is 0.418. The number of aromatic nitrogens is 3. The van der Waals surface area contributed by atoms with E-state index in [0.29, 0.717) is 39.7 Å². The van der Waals surface area contributed by atoms with Gasteiger partial charge in [-0.2, -0.15) is 4.98 Å². The lowest BCUT2D eigenvalue weighted by Crippen LogP contribution is -1.94. The summed E-state index contributed by atoms with van der Waals surface area (Å²) in [4.78, 5) is 8.47. The van der Waals surface area contributed by atoms with E-state index in [4.69, 9.17) is 33.5 Å². The first-order valence-corrected chi connectivity index (χ1v) is 7.69. The SMILES string of the molecule is Nc1nc(Cc2nc(Cc3c(Cl)cccc3Cl)no2)cs1. The molecule has 0 unspecified atom stereocenters. The van der Waals surface area contributed by atoms with Crippen molar-refractivity contribution in [3.8, 4) is 0 Å². The van der Waals surface area contributed by atoms with Crippen molar-refractivity contribution in [1.29, 1.82) is 0 Å². The third kappa shape index (κ3) is 3.34. The van der Waals surface area contributed by atoms with Crippen LogP contribution in [0.1, 0.15) is 23.0 Å². The highest BCUT2D eigenvalue weighted by Crippen LogP contribution is 2.26. The fraction of sp³-hybridized carbons (Fsp3) is 0.154. The van der Waals surface area contributed by atoms with Gasteiger partial charge in [0.1, 0.15) is 0 Å². The molecule has 2 heterocycles. The Morgan fingerprint density at radius 3 is 2.57 bits per heavy atom. The van der Waals surface area contributed by atoms with Crippen LogP contribution in [0.5, 0.6) is 0 Å². The second kappa shape index (κ2) is 6.01. The van der Waals surface area contributed by atoms with Gasteiger partial charge in [-0.1, -0.05) is 34.4 Å². The van der Waals surface area contributed by atoms with Gasteiger partial charge in [0.15, 0.2) is 11.0 Å². The maximum absolute atomic E-state index is 6.13. The lowest BCUT2D eigenvalue weighted by molar-refractivity contribution is 0.379. The number of nitrogens with two attached hydrogens (primary N) is 1. The van der Waals surface area contributed by atoms with Crippen LogP contribution in [0.3, 0.4) is 0 Å². The predicted octanol–water partition coefficient (Wildman–Crippen LogP) is 3.60. The highest BCUT2D eigenvalue weighted by Gasteiger charge is 2.13. The smallest absolute Gasteiger partial charge is 0.232 e. The van der Waals surface area contributed by atoms with E-state index in [1.807, 2.05) is 5.38 Å². The van der Waals surface area contributed by atoms with Crippen LogP contribution in [-0.4, -0.2) is 15.1 Å². The summed E-state index contributed by atoms with van der Waals surface area (Å²) in [5.74, 6) is 1.02. The molecule has 0 amide bonds. The first kappa shape index (κ1) is 14.3. The third-order valence-electron chi connectivity index (χ3n) is 2.81. The summed E-state index contributed by atoms with van der Waals surface area (Å²) >= 11 is 13.6. The first-order valence-electron chi connectivity index (χ1n) is 6.06. The Labute approximate surface area is 134 Å². The summed E-state index contributed by atoms with van der Waals surface area (Å²) in [5.41, 5.74) is 7.18. The molecule has 8 heteroatoms. The number of thiazole rings is 1. The summed E-state index contributed by atoms with van der Waals surface area (Å²) in [5, 5.41) is 7.49. The van der Waals surface area contributed by atoms with Gasteiger partial charge in [-0.15, -0.1) is 11.3 Å². The Balaban J connectivity index is 1.76. The lowest BCUT2D eigenvalue weighted by atomic mass is 10.1. The molecule has 3 aromatic rings. The Morgan fingerprint density at radius 2 is 1.90 bits per heavy atom. The molecule has 0 aliphatic rings. The number of halogens is 2. The van der Waals surface area contributed by atoms with Crippen LogP contribution in [0, 0.1) is 0 Å². The maximum atomic E-state index is 6.13. The van der Waals surface area contributed by atoms with E-state index in [1.54, 1.807) is 18.2 Å². The van der Waals surface area contributed by atoms with Gasteiger partial charge in [0.05, 0.1) is 12.1 Å². The fourth-order valence-corrected chi connectivity index (χ4v) is 2.95. The van der Waals surface area contributed by atoms with Gasteiger partial charge in [0.25, 0.3) is 0 Å². The highest BCUT2D eigenvalue weighted by atomic mass is 35.5. The van der Waals surface area contributed by atoms with Crippen molar-refractivity contribution >= 4 is 39.7 Å². The fourth-order valence-electron chi connectivity index (χ4n) is 1.85. The minimum atomic E-state index is 0.418. The van der Waals surface area contributed by atoms with Crippen LogP contribution in [0.4, 0.5) is 5.13 Å². The Bertz CT molecular complexity index is 751. The number of benzene rings is 1. The molecule has 0 atom stereocenters. The van der Waals surface area contributed by atoms with Crippen molar-refractivity contribution in [1.82, 2.24) is 15.1 Å². The van der Waals surface area contributed by atoms with Gasteiger partial charge in [0, 0.05) is 21.8 Å². The molecule has 108 valence electrons. The van der Waals surface area contributed by atoms with Crippen molar-refractivity contribution in [2.24, 2.45) is 0 Å². The number of hydrogen-bond acceptors (Lipinski definition) is 6. The molecule has 0 radical (unpaired) electrons. The summed E-state index contributed by atoms with van der Waals surface area (Å²) in [6, 6.07) is 5.35. The number of nitrogens with zero attached hydrogens (tertiary/aromatic N) is 3. The maximum Gasteiger partial charge on any atom is 0.232 e. The molecule has 1 aromatic carbocycles. The van der Waals surface area contributed by atoms with E-state index in [2.05, 4.69) is 15.1 Å². The molecule has 0 fully saturated rings. The molecule has 0 bridgehead atoms. The average Bonchev–Trinajstić information content (AvgIpc) is 3.04. The quantitative estimate of drug-likeness (QED) is 0.784. The van der Waals surface area contributed by atoms with Crippen LogP contribution in [0.25, 0.3) is 0 Å². The zero-order valence-corrected chi connectivity index (χ0v) is 13.0. The van der Waals surface area contributed by atoms with Crippen LogP contribution in [0.15, 0.2) is 28.1 Å². The normalized spacial score (nSPS) is 11.0.